The molecule has 0 spiro atoms. The number of carbonyl (C=O) groups excluding carboxylic acids is 3. The molecule has 30 heavy (non-hydrogen) atoms. The molecule has 1 fully saturated rings. The van der Waals surface area contributed by atoms with E-state index in [1.807, 2.05) is 17.0 Å². The molecule has 156 valence electrons. The monoisotopic (exact) mass is 407 g/mol. The van der Waals surface area contributed by atoms with Gasteiger partial charge in [0, 0.05) is 38.3 Å². The van der Waals surface area contributed by atoms with Gasteiger partial charge in [0.15, 0.2) is 0 Å². The summed E-state index contributed by atoms with van der Waals surface area (Å²) in [5.74, 6) is 0.279. The van der Waals surface area contributed by atoms with Crippen molar-refractivity contribution in [3.63, 3.8) is 0 Å². The second-order valence-corrected chi connectivity index (χ2v) is 7.53. The maximum Gasteiger partial charge on any atom is 0.261 e. The molecule has 2 aliphatic rings. The molecule has 0 bridgehead atoms. The first-order chi connectivity index (χ1) is 14.6. The molecule has 2 aromatic rings. The van der Waals surface area contributed by atoms with Gasteiger partial charge in [-0.05, 0) is 43.3 Å². The summed E-state index contributed by atoms with van der Waals surface area (Å²) in [7, 11) is 1.59. The van der Waals surface area contributed by atoms with E-state index in [1.54, 1.807) is 43.5 Å². The molecule has 0 N–H and O–H groups in total. The van der Waals surface area contributed by atoms with Crippen LogP contribution in [-0.2, 0) is 0 Å². The van der Waals surface area contributed by atoms with Crippen molar-refractivity contribution in [3.05, 3.63) is 65.2 Å². The van der Waals surface area contributed by atoms with Gasteiger partial charge in [-0.2, -0.15) is 0 Å². The molecule has 0 aromatic heterocycles. The van der Waals surface area contributed by atoms with Gasteiger partial charge in [-0.3, -0.25) is 24.2 Å². The van der Waals surface area contributed by atoms with Crippen LogP contribution in [0, 0.1) is 0 Å². The Labute approximate surface area is 175 Å². The van der Waals surface area contributed by atoms with Crippen molar-refractivity contribution in [2.75, 3.05) is 46.4 Å². The van der Waals surface area contributed by atoms with Gasteiger partial charge in [0.25, 0.3) is 17.7 Å². The van der Waals surface area contributed by atoms with E-state index in [0.29, 0.717) is 42.1 Å². The fraction of sp³-hybridized carbons (Fsp3) is 0.348. The van der Waals surface area contributed by atoms with Crippen LogP contribution < -0.4 is 4.74 Å². The third-order valence-electron chi connectivity index (χ3n) is 5.71. The molecule has 1 saturated heterocycles. The highest BCUT2D eigenvalue weighted by molar-refractivity contribution is 6.21. The Morgan fingerprint density at radius 1 is 0.900 bits per heavy atom. The minimum absolute atomic E-state index is 0.0135. The fourth-order valence-electron chi connectivity index (χ4n) is 4.01. The maximum absolute atomic E-state index is 12.7. The van der Waals surface area contributed by atoms with Gasteiger partial charge in [-0.15, -0.1) is 0 Å². The fourth-order valence-corrected chi connectivity index (χ4v) is 4.01. The molecule has 0 radical (unpaired) electrons. The van der Waals surface area contributed by atoms with Crippen molar-refractivity contribution < 1.29 is 19.1 Å². The lowest BCUT2D eigenvalue weighted by Crippen LogP contribution is -2.49. The van der Waals surface area contributed by atoms with E-state index < -0.39 is 0 Å². The Morgan fingerprint density at radius 2 is 1.57 bits per heavy atom. The second kappa shape index (κ2) is 8.67. The normalized spacial score (nSPS) is 16.7. The Kier molecular flexibility index (Phi) is 5.81. The lowest BCUT2D eigenvalue weighted by Gasteiger charge is -2.35. The SMILES string of the molecule is COc1cccc(C(=O)N2CCN(CCCN3C(=O)c4ccccc4C3=O)CC2)c1. The molecular weight excluding hydrogens is 382 g/mol. The molecule has 2 aromatic carbocycles. The first kappa shape index (κ1) is 20.1. The highest BCUT2D eigenvalue weighted by atomic mass is 16.5. The van der Waals surface area contributed by atoms with E-state index in [9.17, 15) is 14.4 Å². The van der Waals surface area contributed by atoms with E-state index in [2.05, 4.69) is 4.90 Å². The second-order valence-electron chi connectivity index (χ2n) is 7.53. The van der Waals surface area contributed by atoms with Crippen LogP contribution >= 0.6 is 0 Å². The third kappa shape index (κ3) is 3.93. The number of nitrogens with zero attached hydrogens (tertiary/aromatic N) is 3. The predicted molar refractivity (Wildman–Crippen MR) is 112 cm³/mol. The zero-order chi connectivity index (χ0) is 21.1. The summed E-state index contributed by atoms with van der Waals surface area (Å²) in [6.07, 6.45) is 0.718. The summed E-state index contributed by atoms with van der Waals surface area (Å²) in [6.45, 7) is 4.06. The molecule has 2 aliphatic heterocycles. The first-order valence-electron chi connectivity index (χ1n) is 10.2. The van der Waals surface area contributed by atoms with Crippen LogP contribution in [-0.4, -0.2) is 78.8 Å². The number of fused-ring (bicyclic) bond motifs is 1. The Hall–Kier alpha value is -3.19. The van der Waals surface area contributed by atoms with Gasteiger partial charge < -0.3 is 9.64 Å². The lowest BCUT2D eigenvalue weighted by atomic mass is 10.1. The van der Waals surface area contributed by atoms with Crippen LogP contribution in [0.3, 0.4) is 0 Å². The zero-order valence-electron chi connectivity index (χ0n) is 17.0. The molecule has 7 nitrogen and oxygen atoms in total. The van der Waals surface area contributed by atoms with Crippen molar-refractivity contribution in [2.24, 2.45) is 0 Å². The molecule has 0 unspecified atom stereocenters. The van der Waals surface area contributed by atoms with E-state index >= 15 is 0 Å². The van der Waals surface area contributed by atoms with Crippen LogP contribution in [0.2, 0.25) is 0 Å². The number of amides is 3. The zero-order valence-corrected chi connectivity index (χ0v) is 17.0. The number of ether oxygens (including phenoxy) is 1. The quantitative estimate of drug-likeness (QED) is 0.687. The summed E-state index contributed by atoms with van der Waals surface area (Å²) >= 11 is 0. The van der Waals surface area contributed by atoms with Crippen LogP contribution in [0.5, 0.6) is 5.75 Å². The number of rotatable bonds is 6. The smallest absolute Gasteiger partial charge is 0.261 e. The van der Waals surface area contributed by atoms with Crippen molar-refractivity contribution in [3.8, 4) is 5.75 Å². The number of carbonyl (C=O) groups is 3. The van der Waals surface area contributed by atoms with E-state index in [1.165, 1.54) is 4.90 Å². The Bertz CT molecular complexity index is 931. The van der Waals surface area contributed by atoms with Crippen LogP contribution in [0.25, 0.3) is 0 Å². The number of hydrogen-bond acceptors (Lipinski definition) is 5. The van der Waals surface area contributed by atoms with E-state index in [4.69, 9.17) is 4.74 Å². The van der Waals surface area contributed by atoms with Crippen molar-refractivity contribution in [1.82, 2.24) is 14.7 Å². The largest absolute Gasteiger partial charge is 0.497 e. The Morgan fingerprint density at radius 3 is 2.20 bits per heavy atom. The van der Waals surface area contributed by atoms with Gasteiger partial charge in [0.05, 0.1) is 18.2 Å². The standard InChI is InChI=1S/C23H25N3O4/c1-30-18-7-4-6-17(16-18)21(27)25-14-12-24(13-15-25)10-5-11-26-22(28)19-8-2-3-9-20(19)23(26)29/h2-4,6-9,16H,5,10-15H2,1H3. The number of imide groups is 1. The Balaban J connectivity index is 1.24. The van der Waals surface area contributed by atoms with Gasteiger partial charge in [-0.1, -0.05) is 18.2 Å². The van der Waals surface area contributed by atoms with Crippen LogP contribution in [0.4, 0.5) is 0 Å². The van der Waals surface area contributed by atoms with Crippen molar-refractivity contribution >= 4 is 17.7 Å². The highest BCUT2D eigenvalue weighted by Crippen LogP contribution is 2.22. The molecule has 0 saturated carbocycles. The van der Waals surface area contributed by atoms with Crippen LogP contribution in [0.15, 0.2) is 48.5 Å². The van der Waals surface area contributed by atoms with Gasteiger partial charge in [0.2, 0.25) is 0 Å². The van der Waals surface area contributed by atoms with E-state index in [-0.39, 0.29) is 17.7 Å². The summed E-state index contributed by atoms with van der Waals surface area (Å²) in [5.41, 5.74) is 1.62. The van der Waals surface area contributed by atoms with Gasteiger partial charge in [-0.25, -0.2) is 0 Å². The molecule has 0 aliphatic carbocycles. The van der Waals surface area contributed by atoms with Gasteiger partial charge >= 0.3 is 0 Å². The molecule has 7 heteroatoms. The molecule has 2 heterocycles. The van der Waals surface area contributed by atoms with Crippen LogP contribution in [0.1, 0.15) is 37.5 Å². The lowest BCUT2D eigenvalue weighted by molar-refractivity contribution is 0.0595. The number of piperazine rings is 1. The third-order valence-corrected chi connectivity index (χ3v) is 5.71. The number of benzene rings is 2. The average Bonchev–Trinajstić information content (AvgIpc) is 3.04. The molecule has 3 amide bonds. The number of hydrogen-bond donors (Lipinski definition) is 0. The first-order valence-corrected chi connectivity index (χ1v) is 10.2. The summed E-state index contributed by atoms with van der Waals surface area (Å²) in [4.78, 5) is 43.0. The highest BCUT2D eigenvalue weighted by Gasteiger charge is 2.34. The van der Waals surface area contributed by atoms with Crippen molar-refractivity contribution in [2.45, 2.75) is 6.42 Å². The van der Waals surface area contributed by atoms with Gasteiger partial charge in [0.1, 0.15) is 5.75 Å². The topological polar surface area (TPSA) is 70.2 Å². The summed E-state index contributed by atoms with van der Waals surface area (Å²) in [5, 5.41) is 0. The molecular formula is C23H25N3O4. The van der Waals surface area contributed by atoms with E-state index in [0.717, 1.165) is 26.1 Å². The number of methoxy groups -OCH3 is 1. The average molecular weight is 407 g/mol. The maximum atomic E-state index is 12.7. The minimum atomic E-state index is -0.204. The minimum Gasteiger partial charge on any atom is -0.497 e. The molecule has 4 rings (SSSR count). The summed E-state index contributed by atoms with van der Waals surface area (Å²) < 4.78 is 5.20. The molecule has 0 atom stereocenters. The summed E-state index contributed by atoms with van der Waals surface area (Å²) in [6, 6.07) is 14.2. The predicted octanol–water partition coefficient (Wildman–Crippen LogP) is 2.14. The van der Waals surface area contributed by atoms with Crippen molar-refractivity contribution in [1.29, 1.82) is 0 Å².